The first kappa shape index (κ1) is 18.0. The summed E-state index contributed by atoms with van der Waals surface area (Å²) < 4.78 is 0. The number of carbonyl (C=O) groups is 1. The molecule has 3 fully saturated rings. The summed E-state index contributed by atoms with van der Waals surface area (Å²) >= 11 is 0. The van der Waals surface area contributed by atoms with Gasteiger partial charge in [-0.1, -0.05) is 20.8 Å². The van der Waals surface area contributed by atoms with E-state index in [-0.39, 0.29) is 5.41 Å². The third-order valence-electron chi connectivity index (χ3n) is 6.46. The van der Waals surface area contributed by atoms with Crippen LogP contribution in [0.25, 0.3) is 0 Å². The van der Waals surface area contributed by atoms with E-state index in [0.717, 1.165) is 57.2 Å². The van der Waals surface area contributed by atoms with E-state index in [1.54, 1.807) is 0 Å². The number of H-pyrrole nitrogens is 1. The SMILES string of the molecule is CC(C)(C)c1cc(CN2CCC[C@]3(CCC(=O)N(CC4CC4)C3)C2)[nH]n1. The predicted molar refractivity (Wildman–Crippen MR) is 103 cm³/mol. The molecule has 1 atom stereocenters. The lowest BCUT2D eigenvalue weighted by Crippen LogP contribution is -2.54. The summed E-state index contributed by atoms with van der Waals surface area (Å²) in [6.07, 6.45) is 6.97. The summed E-state index contributed by atoms with van der Waals surface area (Å²) in [5.74, 6) is 1.18. The molecular weight excluding hydrogens is 324 g/mol. The smallest absolute Gasteiger partial charge is 0.222 e. The summed E-state index contributed by atoms with van der Waals surface area (Å²) in [6.45, 7) is 11.8. The molecule has 3 aliphatic rings. The van der Waals surface area contributed by atoms with Crippen LogP contribution in [0.2, 0.25) is 0 Å². The average Bonchev–Trinajstić information content (AvgIpc) is 3.25. The van der Waals surface area contributed by atoms with Gasteiger partial charge in [0.25, 0.3) is 0 Å². The number of carbonyl (C=O) groups excluding carboxylic acids is 1. The van der Waals surface area contributed by atoms with Gasteiger partial charge in [0.15, 0.2) is 0 Å². The molecule has 3 heterocycles. The van der Waals surface area contributed by atoms with Crippen molar-refractivity contribution in [3.63, 3.8) is 0 Å². The Morgan fingerprint density at radius 1 is 1.27 bits per heavy atom. The fourth-order valence-corrected chi connectivity index (χ4v) is 4.73. The first-order valence-electron chi connectivity index (χ1n) is 10.4. The number of nitrogens with zero attached hydrogens (tertiary/aromatic N) is 3. The number of amides is 1. The van der Waals surface area contributed by atoms with Gasteiger partial charge in [-0.2, -0.15) is 5.10 Å². The Morgan fingerprint density at radius 3 is 2.77 bits per heavy atom. The third kappa shape index (κ3) is 3.98. The Labute approximate surface area is 157 Å². The van der Waals surface area contributed by atoms with Crippen molar-refractivity contribution in [2.75, 3.05) is 26.2 Å². The molecule has 0 aromatic carbocycles. The predicted octanol–water partition coefficient (Wildman–Crippen LogP) is 3.32. The lowest BCUT2D eigenvalue weighted by atomic mass is 9.73. The zero-order chi connectivity index (χ0) is 18.4. The molecule has 4 rings (SSSR count). The van der Waals surface area contributed by atoms with Crippen LogP contribution in [-0.4, -0.2) is 52.1 Å². The number of aromatic amines is 1. The van der Waals surface area contributed by atoms with Gasteiger partial charge in [0.05, 0.1) is 5.69 Å². The van der Waals surface area contributed by atoms with Crippen LogP contribution in [-0.2, 0) is 16.8 Å². The largest absolute Gasteiger partial charge is 0.342 e. The van der Waals surface area contributed by atoms with Crippen LogP contribution in [0, 0.1) is 11.3 Å². The van der Waals surface area contributed by atoms with E-state index in [0.29, 0.717) is 11.3 Å². The maximum absolute atomic E-state index is 12.4. The van der Waals surface area contributed by atoms with Gasteiger partial charge < -0.3 is 4.90 Å². The van der Waals surface area contributed by atoms with Crippen molar-refractivity contribution >= 4 is 5.91 Å². The fourth-order valence-electron chi connectivity index (χ4n) is 4.73. The number of hydrogen-bond donors (Lipinski definition) is 1. The van der Waals surface area contributed by atoms with E-state index < -0.39 is 0 Å². The van der Waals surface area contributed by atoms with Crippen LogP contribution in [0.3, 0.4) is 0 Å². The highest BCUT2D eigenvalue weighted by molar-refractivity contribution is 5.77. The third-order valence-corrected chi connectivity index (χ3v) is 6.46. The summed E-state index contributed by atoms with van der Waals surface area (Å²) in [6, 6.07) is 2.23. The maximum atomic E-state index is 12.4. The Hall–Kier alpha value is -1.36. The number of rotatable bonds is 4. The Morgan fingerprint density at radius 2 is 2.08 bits per heavy atom. The molecule has 1 N–H and O–H groups in total. The van der Waals surface area contributed by atoms with Gasteiger partial charge in [-0.05, 0) is 50.6 Å². The minimum Gasteiger partial charge on any atom is -0.342 e. The monoisotopic (exact) mass is 358 g/mol. The minimum atomic E-state index is 0.0882. The minimum absolute atomic E-state index is 0.0882. The highest BCUT2D eigenvalue weighted by Crippen LogP contribution is 2.41. The van der Waals surface area contributed by atoms with Gasteiger partial charge in [0, 0.05) is 49.1 Å². The van der Waals surface area contributed by atoms with Crippen molar-refractivity contribution in [1.29, 1.82) is 0 Å². The van der Waals surface area contributed by atoms with Gasteiger partial charge in [0.1, 0.15) is 0 Å². The molecule has 5 heteroatoms. The molecule has 1 amide bonds. The summed E-state index contributed by atoms with van der Waals surface area (Å²) in [5, 5.41) is 7.76. The van der Waals surface area contributed by atoms with Gasteiger partial charge in [-0.3, -0.25) is 14.8 Å². The van der Waals surface area contributed by atoms with Crippen LogP contribution in [0.1, 0.15) is 70.7 Å². The molecule has 1 spiro atoms. The van der Waals surface area contributed by atoms with Gasteiger partial charge >= 0.3 is 0 Å². The molecule has 0 radical (unpaired) electrons. The van der Waals surface area contributed by atoms with E-state index >= 15 is 0 Å². The second-order valence-electron chi connectivity index (χ2n) is 10.1. The van der Waals surface area contributed by atoms with Gasteiger partial charge in [-0.25, -0.2) is 0 Å². The van der Waals surface area contributed by atoms with Crippen LogP contribution in [0.4, 0.5) is 0 Å². The van der Waals surface area contributed by atoms with Crippen molar-refractivity contribution in [2.45, 2.75) is 71.3 Å². The maximum Gasteiger partial charge on any atom is 0.222 e. The first-order chi connectivity index (χ1) is 12.3. The average molecular weight is 359 g/mol. The normalized spacial score (nSPS) is 28.1. The lowest BCUT2D eigenvalue weighted by Gasteiger charge is -2.48. The molecule has 0 bridgehead atoms. The van der Waals surface area contributed by atoms with Crippen LogP contribution >= 0.6 is 0 Å². The zero-order valence-corrected chi connectivity index (χ0v) is 16.7. The van der Waals surface area contributed by atoms with Crippen molar-refractivity contribution in [2.24, 2.45) is 11.3 Å². The molecule has 144 valence electrons. The van der Waals surface area contributed by atoms with Crippen molar-refractivity contribution in [1.82, 2.24) is 20.0 Å². The molecule has 1 aliphatic carbocycles. The number of hydrogen-bond acceptors (Lipinski definition) is 3. The topological polar surface area (TPSA) is 52.2 Å². The molecule has 1 aromatic heterocycles. The molecule has 0 unspecified atom stereocenters. The van der Waals surface area contributed by atoms with E-state index in [9.17, 15) is 4.79 Å². The zero-order valence-electron chi connectivity index (χ0n) is 16.7. The molecule has 2 aliphatic heterocycles. The van der Waals surface area contributed by atoms with Crippen LogP contribution in [0.5, 0.6) is 0 Å². The molecular formula is C21H34N4O. The number of piperidine rings is 2. The summed E-state index contributed by atoms with van der Waals surface area (Å²) in [4.78, 5) is 17.1. The second kappa shape index (κ2) is 6.66. The molecule has 1 aromatic rings. The van der Waals surface area contributed by atoms with Gasteiger partial charge in [0.2, 0.25) is 5.91 Å². The first-order valence-corrected chi connectivity index (χ1v) is 10.4. The van der Waals surface area contributed by atoms with E-state index in [1.165, 1.54) is 31.4 Å². The molecule has 5 nitrogen and oxygen atoms in total. The number of nitrogens with one attached hydrogen (secondary N) is 1. The second-order valence-corrected chi connectivity index (χ2v) is 10.1. The van der Waals surface area contributed by atoms with E-state index in [2.05, 4.69) is 46.8 Å². The number of likely N-dealkylation sites (tertiary alicyclic amines) is 2. The Bertz CT molecular complexity index is 657. The highest BCUT2D eigenvalue weighted by atomic mass is 16.2. The summed E-state index contributed by atoms with van der Waals surface area (Å²) in [7, 11) is 0. The van der Waals surface area contributed by atoms with Gasteiger partial charge in [-0.15, -0.1) is 0 Å². The van der Waals surface area contributed by atoms with E-state index in [1.807, 2.05) is 0 Å². The molecule has 1 saturated carbocycles. The standard InChI is InChI=1S/C21H34N4O/c1-20(2,3)18-11-17(22-23-18)13-24-10-4-8-21(14-24)9-7-19(26)25(15-21)12-16-5-6-16/h11,16H,4-10,12-15H2,1-3H3,(H,22,23)/t21-/m0/s1. The highest BCUT2D eigenvalue weighted by Gasteiger charge is 2.42. The Balaban J connectivity index is 1.40. The quantitative estimate of drug-likeness (QED) is 0.898. The molecule has 26 heavy (non-hydrogen) atoms. The fraction of sp³-hybridized carbons (Fsp3) is 0.810. The van der Waals surface area contributed by atoms with E-state index in [4.69, 9.17) is 0 Å². The lowest BCUT2D eigenvalue weighted by molar-refractivity contribution is -0.139. The van der Waals surface area contributed by atoms with Crippen molar-refractivity contribution in [3.8, 4) is 0 Å². The van der Waals surface area contributed by atoms with Crippen molar-refractivity contribution in [3.05, 3.63) is 17.5 Å². The Kier molecular flexibility index (Phi) is 4.62. The molecule has 2 saturated heterocycles. The van der Waals surface area contributed by atoms with Crippen LogP contribution < -0.4 is 0 Å². The van der Waals surface area contributed by atoms with Crippen molar-refractivity contribution < 1.29 is 4.79 Å². The number of aromatic nitrogens is 2. The summed E-state index contributed by atoms with van der Waals surface area (Å²) in [5.41, 5.74) is 2.76. The van der Waals surface area contributed by atoms with Crippen LogP contribution in [0.15, 0.2) is 6.07 Å².